The summed E-state index contributed by atoms with van der Waals surface area (Å²) in [5, 5.41) is 25.7. The highest BCUT2D eigenvalue weighted by molar-refractivity contribution is 5.67. The van der Waals surface area contributed by atoms with Gasteiger partial charge in [-0.25, -0.2) is 9.59 Å². The predicted molar refractivity (Wildman–Crippen MR) is 99.3 cm³/mol. The van der Waals surface area contributed by atoms with Gasteiger partial charge in [-0.2, -0.15) is 4.39 Å². The zero-order chi connectivity index (χ0) is 22.7. The first-order valence-corrected chi connectivity index (χ1v) is 8.13. The first-order valence-electron chi connectivity index (χ1n) is 8.13. The van der Waals surface area contributed by atoms with Gasteiger partial charge in [-0.15, -0.1) is 0 Å². The third-order valence-electron chi connectivity index (χ3n) is 2.55. The summed E-state index contributed by atoms with van der Waals surface area (Å²) >= 11 is 0. The van der Waals surface area contributed by atoms with E-state index in [-0.39, 0.29) is 13.0 Å². The number of aliphatic carboxylic acids is 2. The number of nitrogens with zero attached hydrogens (tertiary/aromatic N) is 2. The van der Waals surface area contributed by atoms with Gasteiger partial charge in [0.2, 0.25) is 5.82 Å². The fourth-order valence-corrected chi connectivity index (χ4v) is 1.70. The molecule has 0 bridgehead atoms. The molecular weight excluding hydrogens is 379 g/mol. The van der Waals surface area contributed by atoms with Crippen LogP contribution in [0.1, 0.15) is 6.42 Å². The van der Waals surface area contributed by atoms with Gasteiger partial charge in [-0.1, -0.05) is 0 Å². The maximum absolute atomic E-state index is 12.0. The number of H-pyrrole nitrogens is 2. The maximum Gasteiger partial charge on any atom is 0.359 e. The fraction of sp³-hybridized carbons (Fsp3) is 0.625. The predicted octanol–water partition coefficient (Wildman–Crippen LogP) is -1.49. The maximum atomic E-state index is 12.0. The van der Waals surface area contributed by atoms with E-state index in [1.165, 1.54) is 0 Å². The summed E-state index contributed by atoms with van der Waals surface area (Å²) in [7, 11) is 11.2. The lowest BCUT2D eigenvalue weighted by molar-refractivity contribution is -0.873. The Hall–Kier alpha value is -2.57. The van der Waals surface area contributed by atoms with Crippen molar-refractivity contribution in [1.29, 1.82) is 0 Å². The molecule has 0 aromatic carbocycles. The van der Waals surface area contributed by atoms with E-state index in [2.05, 4.69) is 0 Å². The molecule has 1 heterocycles. The molecule has 28 heavy (non-hydrogen) atoms. The van der Waals surface area contributed by atoms with Gasteiger partial charge in [-0.05, 0) is 0 Å². The zero-order valence-electron chi connectivity index (χ0n) is 17.0. The van der Waals surface area contributed by atoms with Crippen molar-refractivity contribution in [2.24, 2.45) is 0 Å². The molecule has 0 aliphatic carbocycles. The number of hydrogen-bond acceptors (Lipinski definition) is 5. The van der Waals surface area contributed by atoms with E-state index in [0.717, 1.165) is 0 Å². The Labute approximate surface area is 161 Å². The van der Waals surface area contributed by atoms with Crippen molar-refractivity contribution in [1.82, 2.24) is 9.97 Å². The second-order valence-corrected chi connectivity index (χ2v) is 7.99. The Morgan fingerprint density at radius 1 is 1.04 bits per heavy atom. The van der Waals surface area contributed by atoms with Gasteiger partial charge < -0.3 is 29.3 Å². The second-order valence-electron chi connectivity index (χ2n) is 7.99. The van der Waals surface area contributed by atoms with Crippen molar-refractivity contribution in [3.63, 3.8) is 0 Å². The molecule has 0 unspecified atom stereocenters. The highest BCUT2D eigenvalue weighted by atomic mass is 19.1. The lowest BCUT2D eigenvalue weighted by Crippen LogP contribution is -2.42. The topological polar surface area (TPSA) is 161 Å². The van der Waals surface area contributed by atoms with Crippen molar-refractivity contribution in [2.45, 2.75) is 12.5 Å². The number of aliphatic hydroxyl groups is 1. The Morgan fingerprint density at radius 3 is 1.79 bits per heavy atom. The molecule has 0 aliphatic rings. The van der Waals surface area contributed by atoms with Crippen LogP contribution in [0.25, 0.3) is 0 Å². The van der Waals surface area contributed by atoms with Crippen LogP contribution in [0.4, 0.5) is 4.39 Å². The number of likely N-dealkylation sites (N-methyl/N-ethyl adjacent to an activating group) is 2. The van der Waals surface area contributed by atoms with Crippen molar-refractivity contribution >= 4 is 11.9 Å². The lowest BCUT2D eigenvalue weighted by atomic mass is 10.2. The van der Waals surface area contributed by atoms with E-state index in [4.69, 9.17) is 15.3 Å². The summed E-state index contributed by atoms with van der Waals surface area (Å²) in [4.78, 5) is 44.1. The normalized spacial score (nSPS) is 12.0. The molecule has 12 heteroatoms. The minimum Gasteiger partial charge on any atom is -0.481 e. The fourth-order valence-electron chi connectivity index (χ4n) is 1.70. The first-order chi connectivity index (χ1) is 12.4. The molecule has 0 aliphatic heterocycles. The quantitative estimate of drug-likeness (QED) is 0.357. The SMILES string of the molecule is C[N+](C)(C)CC(=O)O.C[N+](C)(C)C[C@H](O)CC(=O)O.O=c1[nH]cc(F)c(=O)[nH]1. The monoisotopic (exact) mass is 410 g/mol. The van der Waals surface area contributed by atoms with Gasteiger partial charge in [-0.3, -0.25) is 14.6 Å². The van der Waals surface area contributed by atoms with Crippen LogP contribution in [-0.2, 0) is 9.59 Å². The summed E-state index contributed by atoms with van der Waals surface area (Å²) in [5.74, 6) is -2.70. The Balaban J connectivity index is 0. The number of rotatable bonds is 6. The number of nitrogens with one attached hydrogen (secondary N) is 2. The molecule has 1 aromatic rings. The highest BCUT2D eigenvalue weighted by Crippen LogP contribution is 1.98. The van der Waals surface area contributed by atoms with E-state index in [1.54, 1.807) is 4.98 Å². The molecule has 11 nitrogen and oxygen atoms in total. The Kier molecular flexibility index (Phi) is 11.8. The average molecular weight is 410 g/mol. The highest BCUT2D eigenvalue weighted by Gasteiger charge is 2.17. The summed E-state index contributed by atoms with van der Waals surface area (Å²) in [6, 6.07) is 0. The van der Waals surface area contributed by atoms with Crippen LogP contribution in [0.5, 0.6) is 0 Å². The molecular formula is C16H31FN4O7+2. The van der Waals surface area contributed by atoms with Gasteiger partial charge in [0.1, 0.15) is 12.6 Å². The van der Waals surface area contributed by atoms with Crippen molar-refractivity contribution in [2.75, 3.05) is 55.4 Å². The number of quaternary nitrogens is 2. The smallest absolute Gasteiger partial charge is 0.359 e. The summed E-state index contributed by atoms with van der Waals surface area (Å²) in [5.41, 5.74) is -1.71. The van der Waals surface area contributed by atoms with Crippen LogP contribution in [-0.4, -0.2) is 108 Å². The molecule has 0 radical (unpaired) electrons. The van der Waals surface area contributed by atoms with Gasteiger partial charge in [0.05, 0.1) is 48.7 Å². The van der Waals surface area contributed by atoms with Gasteiger partial charge >= 0.3 is 17.6 Å². The molecule has 1 aromatic heterocycles. The third-order valence-corrected chi connectivity index (χ3v) is 2.55. The van der Waals surface area contributed by atoms with E-state index >= 15 is 0 Å². The second kappa shape index (κ2) is 12.0. The van der Waals surface area contributed by atoms with Gasteiger partial charge in [0.25, 0.3) is 5.56 Å². The molecule has 0 spiro atoms. The van der Waals surface area contributed by atoms with Crippen molar-refractivity contribution in [3.8, 4) is 0 Å². The number of aromatic amines is 2. The van der Waals surface area contributed by atoms with E-state index in [1.807, 2.05) is 47.3 Å². The van der Waals surface area contributed by atoms with Crippen LogP contribution in [0.2, 0.25) is 0 Å². The Morgan fingerprint density at radius 2 is 1.54 bits per heavy atom. The minimum absolute atomic E-state index is 0.171. The number of carboxylic acids is 2. The van der Waals surface area contributed by atoms with Crippen LogP contribution in [0.3, 0.4) is 0 Å². The molecule has 1 atom stereocenters. The molecule has 0 saturated carbocycles. The van der Waals surface area contributed by atoms with Crippen molar-refractivity contribution < 1.29 is 38.3 Å². The molecule has 0 fully saturated rings. The largest absolute Gasteiger partial charge is 0.481 e. The number of hydrogen-bond donors (Lipinski definition) is 5. The van der Waals surface area contributed by atoms with Crippen LogP contribution < -0.4 is 11.2 Å². The molecule has 0 amide bonds. The number of carboxylic acid groups (broad SMARTS) is 2. The summed E-state index contributed by atoms with van der Waals surface area (Å²) < 4.78 is 13.0. The number of halogens is 1. The number of carbonyl (C=O) groups is 2. The van der Waals surface area contributed by atoms with Crippen LogP contribution >= 0.6 is 0 Å². The third kappa shape index (κ3) is 19.8. The first kappa shape index (κ1) is 27.6. The van der Waals surface area contributed by atoms with Crippen molar-refractivity contribution in [3.05, 3.63) is 32.9 Å². The lowest BCUT2D eigenvalue weighted by Gasteiger charge is -2.25. The molecule has 162 valence electrons. The van der Waals surface area contributed by atoms with Crippen LogP contribution in [0.15, 0.2) is 15.8 Å². The number of aliphatic hydroxyl groups excluding tert-OH is 1. The van der Waals surface area contributed by atoms with E-state index in [0.29, 0.717) is 21.7 Å². The standard InChI is InChI=1S/C7H15NO3.C5H11NO2.C4H3FN2O2/c1-8(2,3)5-6(9)4-7(10)11;1-6(2,3)4-5(7)8;5-2-1-6-4(9)7-3(2)8/h6,9H,4-5H2,1-3H3;4H2,1-3H3;1H,(H2,6,7,8,9)/p+2/t6-;;/m1../s1. The summed E-state index contributed by atoms with van der Waals surface area (Å²) in [6.45, 7) is 0.645. The molecule has 5 N–H and O–H groups in total. The van der Waals surface area contributed by atoms with E-state index < -0.39 is 35.1 Å². The van der Waals surface area contributed by atoms with Gasteiger partial charge in [0.15, 0.2) is 6.54 Å². The summed E-state index contributed by atoms with van der Waals surface area (Å²) in [6.07, 6.45) is -0.205. The molecule has 1 rings (SSSR count). The minimum atomic E-state index is -1.00. The van der Waals surface area contributed by atoms with Crippen LogP contribution in [0, 0.1) is 5.82 Å². The van der Waals surface area contributed by atoms with E-state index in [9.17, 15) is 23.6 Å². The average Bonchev–Trinajstić information content (AvgIpc) is 2.38. The molecule has 0 saturated heterocycles. The zero-order valence-corrected chi connectivity index (χ0v) is 17.0. The number of aromatic nitrogens is 2. The Bertz CT molecular complexity index is 732. The van der Waals surface area contributed by atoms with Gasteiger partial charge in [0, 0.05) is 6.20 Å².